The van der Waals surface area contributed by atoms with Crippen molar-refractivity contribution >= 4 is 17.5 Å². The van der Waals surface area contributed by atoms with Crippen molar-refractivity contribution < 1.29 is 4.79 Å². The first-order chi connectivity index (χ1) is 11.1. The van der Waals surface area contributed by atoms with Crippen molar-refractivity contribution in [2.24, 2.45) is 0 Å². The fourth-order valence-corrected chi connectivity index (χ4v) is 3.21. The summed E-state index contributed by atoms with van der Waals surface area (Å²) in [5.41, 5.74) is 1.19. The number of benzene rings is 2. The second-order valence-electron chi connectivity index (χ2n) is 5.86. The number of halogens is 1. The second kappa shape index (κ2) is 6.44. The van der Waals surface area contributed by atoms with Gasteiger partial charge in [-0.1, -0.05) is 41.9 Å². The maximum atomic E-state index is 12.5. The minimum absolute atomic E-state index is 0.00117. The van der Waals surface area contributed by atoms with Gasteiger partial charge in [0.2, 0.25) is 0 Å². The molecule has 1 aliphatic heterocycles. The van der Waals surface area contributed by atoms with Crippen molar-refractivity contribution in [3.05, 3.63) is 70.7 Å². The van der Waals surface area contributed by atoms with E-state index in [0.29, 0.717) is 36.5 Å². The van der Waals surface area contributed by atoms with Crippen LogP contribution < -0.4 is 0 Å². The summed E-state index contributed by atoms with van der Waals surface area (Å²) in [7, 11) is 0. The zero-order valence-corrected chi connectivity index (χ0v) is 13.5. The predicted molar refractivity (Wildman–Crippen MR) is 90.3 cm³/mol. The quantitative estimate of drug-likeness (QED) is 0.837. The van der Waals surface area contributed by atoms with E-state index in [2.05, 4.69) is 6.07 Å². The molecule has 2 aromatic carbocycles. The van der Waals surface area contributed by atoms with E-state index < -0.39 is 5.41 Å². The molecule has 0 N–H and O–H groups in total. The maximum absolute atomic E-state index is 12.5. The molecule has 4 heteroatoms. The van der Waals surface area contributed by atoms with Crippen LogP contribution in [0.4, 0.5) is 0 Å². The van der Waals surface area contributed by atoms with Gasteiger partial charge in [0.05, 0.1) is 11.5 Å². The summed E-state index contributed by atoms with van der Waals surface area (Å²) in [6.07, 6.45) is 1.32. The van der Waals surface area contributed by atoms with E-state index in [9.17, 15) is 10.1 Å². The first-order valence-electron chi connectivity index (χ1n) is 7.66. The number of hydrogen-bond donors (Lipinski definition) is 0. The Hall–Kier alpha value is -2.31. The van der Waals surface area contributed by atoms with E-state index in [0.717, 1.165) is 5.56 Å². The van der Waals surface area contributed by atoms with Crippen LogP contribution in [-0.4, -0.2) is 23.9 Å². The van der Waals surface area contributed by atoms with Gasteiger partial charge in [0.1, 0.15) is 0 Å². The molecule has 0 saturated carbocycles. The highest BCUT2D eigenvalue weighted by atomic mass is 35.5. The fraction of sp³-hybridized carbons (Fsp3) is 0.263. The maximum Gasteiger partial charge on any atom is 0.253 e. The highest BCUT2D eigenvalue weighted by Gasteiger charge is 2.37. The molecule has 0 unspecified atom stereocenters. The molecule has 1 heterocycles. The van der Waals surface area contributed by atoms with Gasteiger partial charge in [0, 0.05) is 23.7 Å². The van der Waals surface area contributed by atoms with Crippen LogP contribution in [0.5, 0.6) is 0 Å². The van der Waals surface area contributed by atoms with Gasteiger partial charge in [-0.15, -0.1) is 0 Å². The van der Waals surface area contributed by atoms with Gasteiger partial charge in [-0.3, -0.25) is 4.79 Å². The Labute approximate surface area is 141 Å². The molecule has 1 saturated heterocycles. The Morgan fingerprint density at radius 1 is 1.04 bits per heavy atom. The van der Waals surface area contributed by atoms with Gasteiger partial charge >= 0.3 is 0 Å². The number of piperidine rings is 1. The van der Waals surface area contributed by atoms with Crippen LogP contribution in [0.2, 0.25) is 5.02 Å². The van der Waals surface area contributed by atoms with E-state index in [-0.39, 0.29) is 5.91 Å². The van der Waals surface area contributed by atoms with E-state index in [1.165, 1.54) is 0 Å². The largest absolute Gasteiger partial charge is 0.339 e. The smallest absolute Gasteiger partial charge is 0.253 e. The van der Waals surface area contributed by atoms with Crippen LogP contribution in [-0.2, 0) is 5.41 Å². The average Bonchev–Trinajstić information content (AvgIpc) is 2.62. The molecule has 1 fully saturated rings. The lowest BCUT2D eigenvalue weighted by atomic mass is 9.74. The molecule has 0 atom stereocenters. The van der Waals surface area contributed by atoms with Gasteiger partial charge < -0.3 is 4.90 Å². The Kier molecular flexibility index (Phi) is 4.36. The lowest BCUT2D eigenvalue weighted by molar-refractivity contribution is 0.0692. The molecular formula is C19H17ClN2O. The zero-order valence-electron chi connectivity index (χ0n) is 12.7. The third-order valence-electron chi connectivity index (χ3n) is 4.54. The number of nitriles is 1. The fourth-order valence-electron chi connectivity index (χ4n) is 3.09. The summed E-state index contributed by atoms with van der Waals surface area (Å²) < 4.78 is 0. The molecule has 1 aliphatic rings. The minimum atomic E-state index is -0.488. The van der Waals surface area contributed by atoms with Crippen LogP contribution in [0, 0.1) is 11.3 Å². The third kappa shape index (κ3) is 3.09. The molecule has 116 valence electrons. The van der Waals surface area contributed by atoms with Crippen molar-refractivity contribution in [3.8, 4) is 6.07 Å². The molecule has 0 aliphatic carbocycles. The molecule has 3 nitrogen and oxygen atoms in total. The van der Waals surface area contributed by atoms with Crippen LogP contribution in [0.25, 0.3) is 0 Å². The van der Waals surface area contributed by atoms with Gasteiger partial charge in [0.15, 0.2) is 0 Å². The summed E-state index contributed by atoms with van der Waals surface area (Å²) in [4.78, 5) is 14.4. The van der Waals surface area contributed by atoms with Gasteiger partial charge in [-0.25, -0.2) is 0 Å². The van der Waals surface area contributed by atoms with Crippen molar-refractivity contribution in [2.75, 3.05) is 13.1 Å². The van der Waals surface area contributed by atoms with E-state index in [4.69, 9.17) is 11.6 Å². The Bertz CT molecular complexity index is 726. The van der Waals surface area contributed by atoms with Crippen LogP contribution in [0.1, 0.15) is 28.8 Å². The number of nitrogens with zero attached hydrogens (tertiary/aromatic N) is 2. The molecule has 0 aromatic heterocycles. The molecular weight excluding hydrogens is 308 g/mol. The first-order valence-corrected chi connectivity index (χ1v) is 8.04. The SMILES string of the molecule is N#CC1(c2ccccc2)CCN(C(=O)c2ccc(Cl)cc2)CC1. The summed E-state index contributed by atoms with van der Waals surface area (Å²) in [5, 5.41) is 10.3. The average molecular weight is 325 g/mol. The van der Waals surface area contributed by atoms with Gasteiger partial charge in [-0.05, 0) is 42.7 Å². The Balaban J connectivity index is 1.74. The molecule has 0 spiro atoms. The van der Waals surface area contributed by atoms with Crippen molar-refractivity contribution in [1.29, 1.82) is 5.26 Å². The van der Waals surface area contributed by atoms with Crippen LogP contribution in [0.15, 0.2) is 54.6 Å². The summed E-state index contributed by atoms with van der Waals surface area (Å²) in [5.74, 6) is 0.00117. The monoisotopic (exact) mass is 324 g/mol. The second-order valence-corrected chi connectivity index (χ2v) is 6.30. The van der Waals surface area contributed by atoms with Crippen molar-refractivity contribution in [2.45, 2.75) is 18.3 Å². The highest BCUT2D eigenvalue weighted by molar-refractivity contribution is 6.30. The number of rotatable bonds is 2. The topological polar surface area (TPSA) is 44.1 Å². The predicted octanol–water partition coefficient (Wildman–Crippen LogP) is 4.04. The number of hydrogen-bond acceptors (Lipinski definition) is 2. The summed E-state index contributed by atoms with van der Waals surface area (Å²) in [6, 6.07) is 19.3. The first kappa shape index (κ1) is 15.6. The van der Waals surface area contributed by atoms with Crippen molar-refractivity contribution in [1.82, 2.24) is 4.90 Å². The van der Waals surface area contributed by atoms with E-state index in [1.54, 1.807) is 24.3 Å². The molecule has 0 radical (unpaired) electrons. The number of carbonyl (C=O) groups is 1. The lowest BCUT2D eigenvalue weighted by Crippen LogP contribution is -2.44. The number of carbonyl (C=O) groups excluding carboxylic acids is 1. The molecule has 2 aromatic rings. The normalized spacial score (nSPS) is 16.6. The number of amides is 1. The van der Waals surface area contributed by atoms with E-state index >= 15 is 0 Å². The highest BCUT2D eigenvalue weighted by Crippen LogP contribution is 2.35. The summed E-state index contributed by atoms with van der Waals surface area (Å²) in [6.45, 7) is 1.17. The zero-order chi connectivity index (χ0) is 16.3. The third-order valence-corrected chi connectivity index (χ3v) is 4.79. The molecule has 3 rings (SSSR count). The van der Waals surface area contributed by atoms with Gasteiger partial charge in [-0.2, -0.15) is 5.26 Å². The Morgan fingerprint density at radius 2 is 1.65 bits per heavy atom. The van der Waals surface area contributed by atoms with Crippen LogP contribution in [0.3, 0.4) is 0 Å². The van der Waals surface area contributed by atoms with E-state index in [1.807, 2.05) is 35.2 Å². The number of likely N-dealkylation sites (tertiary alicyclic amines) is 1. The lowest BCUT2D eigenvalue weighted by Gasteiger charge is -2.37. The Morgan fingerprint density at radius 3 is 2.22 bits per heavy atom. The van der Waals surface area contributed by atoms with Crippen LogP contribution >= 0.6 is 11.6 Å². The minimum Gasteiger partial charge on any atom is -0.339 e. The molecule has 1 amide bonds. The standard InChI is InChI=1S/C19H17ClN2O/c20-17-8-6-15(7-9-17)18(23)22-12-10-19(14-21,11-13-22)16-4-2-1-3-5-16/h1-9H,10-13H2. The van der Waals surface area contributed by atoms with Gasteiger partial charge in [0.25, 0.3) is 5.91 Å². The molecule has 23 heavy (non-hydrogen) atoms. The molecule has 0 bridgehead atoms. The summed E-state index contributed by atoms with van der Waals surface area (Å²) >= 11 is 5.87. The van der Waals surface area contributed by atoms with Crippen molar-refractivity contribution in [3.63, 3.8) is 0 Å².